The van der Waals surface area contributed by atoms with Gasteiger partial charge in [0.25, 0.3) is 5.91 Å². The average molecular weight is 293 g/mol. The summed E-state index contributed by atoms with van der Waals surface area (Å²) in [5.74, 6) is -0.233. The second-order valence-electron chi connectivity index (χ2n) is 5.71. The molecule has 0 bridgehead atoms. The van der Waals surface area contributed by atoms with Gasteiger partial charge in [-0.1, -0.05) is 0 Å². The van der Waals surface area contributed by atoms with Crippen LogP contribution in [0.2, 0.25) is 0 Å². The molecule has 116 valence electrons. The number of nitrogens with one attached hydrogen (secondary N) is 1. The summed E-state index contributed by atoms with van der Waals surface area (Å²) in [5.41, 5.74) is 2.27. The zero-order valence-corrected chi connectivity index (χ0v) is 13.1. The van der Waals surface area contributed by atoms with Crippen LogP contribution in [0, 0.1) is 19.8 Å². The molecule has 1 aromatic heterocycles. The Hall–Kier alpha value is -1.85. The molecule has 6 nitrogen and oxygen atoms in total. The molecule has 1 amide bonds. The van der Waals surface area contributed by atoms with E-state index in [4.69, 9.17) is 4.74 Å². The second-order valence-corrected chi connectivity index (χ2v) is 5.71. The fraction of sp³-hybridized carbons (Fsp3) is 0.667. The number of carbonyl (C=O) groups excluding carboxylic acids is 2. The number of carbonyl (C=O) groups is 2. The molecule has 1 aliphatic carbocycles. The minimum absolute atomic E-state index is 0.0231. The molecule has 1 heterocycles. The maximum Gasteiger partial charge on any atom is 0.308 e. The molecule has 1 aliphatic rings. The highest BCUT2D eigenvalue weighted by molar-refractivity contribution is 5.96. The average Bonchev–Trinajstić information content (AvgIpc) is 2.72. The molecular formula is C15H23N3O3. The summed E-state index contributed by atoms with van der Waals surface area (Å²) >= 11 is 0. The quantitative estimate of drug-likeness (QED) is 0.857. The summed E-state index contributed by atoms with van der Waals surface area (Å²) in [6.45, 7) is 3.74. The van der Waals surface area contributed by atoms with Crippen LogP contribution in [0.15, 0.2) is 0 Å². The van der Waals surface area contributed by atoms with Gasteiger partial charge in [-0.05, 0) is 39.5 Å². The maximum absolute atomic E-state index is 12.4. The van der Waals surface area contributed by atoms with E-state index in [1.807, 2.05) is 20.9 Å². The van der Waals surface area contributed by atoms with E-state index in [1.165, 1.54) is 7.11 Å². The van der Waals surface area contributed by atoms with E-state index in [2.05, 4.69) is 10.4 Å². The molecule has 0 atom stereocenters. The molecule has 0 aromatic carbocycles. The summed E-state index contributed by atoms with van der Waals surface area (Å²) in [5, 5.41) is 7.33. The van der Waals surface area contributed by atoms with Gasteiger partial charge in [-0.3, -0.25) is 14.3 Å². The topological polar surface area (TPSA) is 73.2 Å². The molecular weight excluding hydrogens is 270 g/mol. The van der Waals surface area contributed by atoms with E-state index in [0.29, 0.717) is 5.56 Å². The second kappa shape index (κ2) is 6.28. The van der Waals surface area contributed by atoms with Crippen molar-refractivity contribution in [2.45, 2.75) is 45.6 Å². The zero-order chi connectivity index (χ0) is 15.6. The van der Waals surface area contributed by atoms with Gasteiger partial charge in [0, 0.05) is 18.8 Å². The number of aromatic nitrogens is 2. The highest BCUT2D eigenvalue weighted by Crippen LogP contribution is 2.25. The largest absolute Gasteiger partial charge is 0.469 e. The molecule has 2 rings (SSSR count). The van der Waals surface area contributed by atoms with Gasteiger partial charge in [0.1, 0.15) is 0 Å². The number of aryl methyl sites for hydroxylation is 2. The van der Waals surface area contributed by atoms with Crippen molar-refractivity contribution in [3.8, 4) is 0 Å². The summed E-state index contributed by atoms with van der Waals surface area (Å²) in [6.07, 6.45) is 3.15. The first-order valence-corrected chi connectivity index (χ1v) is 7.33. The van der Waals surface area contributed by atoms with Crippen molar-refractivity contribution in [1.82, 2.24) is 15.1 Å². The minimum Gasteiger partial charge on any atom is -0.469 e. The van der Waals surface area contributed by atoms with Crippen LogP contribution in [0.3, 0.4) is 0 Å². The molecule has 6 heteroatoms. The van der Waals surface area contributed by atoms with Gasteiger partial charge in [0.15, 0.2) is 0 Å². The van der Waals surface area contributed by atoms with Gasteiger partial charge in [-0.15, -0.1) is 0 Å². The number of esters is 1. The predicted octanol–water partition coefficient (Wildman–Crippen LogP) is 1.50. The van der Waals surface area contributed by atoms with Gasteiger partial charge in [0.2, 0.25) is 0 Å². The number of amides is 1. The Bertz CT molecular complexity index is 543. The van der Waals surface area contributed by atoms with Crippen molar-refractivity contribution in [1.29, 1.82) is 0 Å². The van der Waals surface area contributed by atoms with Crippen molar-refractivity contribution < 1.29 is 14.3 Å². The predicted molar refractivity (Wildman–Crippen MR) is 77.9 cm³/mol. The summed E-state index contributed by atoms with van der Waals surface area (Å²) in [6, 6.07) is 0.123. The number of hydrogen-bond donors (Lipinski definition) is 1. The van der Waals surface area contributed by atoms with Crippen LogP contribution < -0.4 is 5.32 Å². The van der Waals surface area contributed by atoms with Crippen LogP contribution in [-0.2, 0) is 16.6 Å². The highest BCUT2D eigenvalue weighted by atomic mass is 16.5. The summed E-state index contributed by atoms with van der Waals surface area (Å²) < 4.78 is 6.49. The molecule has 0 saturated heterocycles. The van der Waals surface area contributed by atoms with E-state index < -0.39 is 0 Å². The molecule has 21 heavy (non-hydrogen) atoms. The number of methoxy groups -OCH3 is 1. The third kappa shape index (κ3) is 3.25. The molecule has 0 spiro atoms. The Morgan fingerprint density at radius 3 is 2.33 bits per heavy atom. The van der Waals surface area contributed by atoms with E-state index >= 15 is 0 Å². The first kappa shape index (κ1) is 15.5. The van der Waals surface area contributed by atoms with Gasteiger partial charge in [-0.25, -0.2) is 0 Å². The SMILES string of the molecule is COC(=O)C1CCC(NC(=O)c2c(C)nn(C)c2C)CC1. The molecule has 1 aromatic rings. The van der Waals surface area contributed by atoms with Crippen molar-refractivity contribution in [3.05, 3.63) is 17.0 Å². The third-order valence-electron chi connectivity index (χ3n) is 4.33. The normalized spacial score (nSPS) is 21.9. The summed E-state index contributed by atoms with van der Waals surface area (Å²) in [4.78, 5) is 23.9. The van der Waals surface area contributed by atoms with Crippen LogP contribution in [0.5, 0.6) is 0 Å². The molecule has 1 fully saturated rings. The number of hydrogen-bond acceptors (Lipinski definition) is 4. The van der Waals surface area contributed by atoms with Crippen molar-refractivity contribution in [2.75, 3.05) is 7.11 Å². The van der Waals surface area contributed by atoms with Gasteiger partial charge >= 0.3 is 5.97 Å². The lowest BCUT2D eigenvalue weighted by atomic mass is 9.86. The standard InChI is InChI=1S/C15H23N3O3/c1-9-13(10(2)18(3)17-9)14(19)16-12-7-5-11(6-8-12)15(20)21-4/h11-12H,5-8H2,1-4H3,(H,16,19). The Labute approximate surface area is 124 Å². The van der Waals surface area contributed by atoms with E-state index in [-0.39, 0.29) is 23.8 Å². The van der Waals surface area contributed by atoms with Crippen LogP contribution in [0.4, 0.5) is 0 Å². The number of nitrogens with zero attached hydrogens (tertiary/aromatic N) is 2. The lowest BCUT2D eigenvalue weighted by molar-refractivity contribution is -0.146. The van der Waals surface area contributed by atoms with Crippen molar-refractivity contribution in [2.24, 2.45) is 13.0 Å². The molecule has 0 aliphatic heterocycles. The van der Waals surface area contributed by atoms with E-state index in [9.17, 15) is 9.59 Å². The number of ether oxygens (including phenoxy) is 1. The summed E-state index contributed by atoms with van der Waals surface area (Å²) in [7, 11) is 3.25. The van der Waals surface area contributed by atoms with Gasteiger partial charge < -0.3 is 10.1 Å². The van der Waals surface area contributed by atoms with Crippen LogP contribution in [0.1, 0.15) is 47.4 Å². The van der Waals surface area contributed by atoms with Gasteiger partial charge in [-0.2, -0.15) is 5.10 Å². The fourth-order valence-corrected chi connectivity index (χ4v) is 3.00. The third-order valence-corrected chi connectivity index (χ3v) is 4.33. The smallest absolute Gasteiger partial charge is 0.308 e. The first-order valence-electron chi connectivity index (χ1n) is 7.33. The molecule has 1 N–H and O–H groups in total. The molecule has 0 radical (unpaired) electrons. The number of rotatable bonds is 3. The Kier molecular flexibility index (Phi) is 4.65. The van der Waals surface area contributed by atoms with E-state index in [1.54, 1.807) is 4.68 Å². The lowest BCUT2D eigenvalue weighted by Gasteiger charge is -2.27. The first-order chi connectivity index (χ1) is 9.93. The minimum atomic E-state index is -0.140. The monoisotopic (exact) mass is 293 g/mol. The van der Waals surface area contributed by atoms with Crippen molar-refractivity contribution >= 4 is 11.9 Å². The van der Waals surface area contributed by atoms with Crippen molar-refractivity contribution in [3.63, 3.8) is 0 Å². The van der Waals surface area contributed by atoms with Crippen LogP contribution >= 0.6 is 0 Å². The fourth-order valence-electron chi connectivity index (χ4n) is 3.00. The molecule has 0 unspecified atom stereocenters. The van der Waals surface area contributed by atoms with Crippen LogP contribution in [-0.4, -0.2) is 34.8 Å². The Balaban J connectivity index is 1.94. The van der Waals surface area contributed by atoms with E-state index in [0.717, 1.165) is 37.1 Å². The molecule has 1 saturated carbocycles. The highest BCUT2D eigenvalue weighted by Gasteiger charge is 2.28. The Morgan fingerprint density at radius 1 is 1.24 bits per heavy atom. The Morgan fingerprint density at radius 2 is 1.86 bits per heavy atom. The van der Waals surface area contributed by atoms with Crippen LogP contribution in [0.25, 0.3) is 0 Å². The zero-order valence-electron chi connectivity index (χ0n) is 13.1. The van der Waals surface area contributed by atoms with Gasteiger partial charge in [0.05, 0.1) is 24.3 Å². The lowest BCUT2D eigenvalue weighted by Crippen LogP contribution is -2.39. The maximum atomic E-state index is 12.4.